The molecule has 2 aliphatic carbocycles. The van der Waals surface area contributed by atoms with Gasteiger partial charge in [0, 0.05) is 0 Å². The quantitative estimate of drug-likeness (QED) is 0.560. The first kappa shape index (κ1) is 13.4. The predicted octanol–water partition coefficient (Wildman–Crippen LogP) is 2.31. The van der Waals surface area contributed by atoms with E-state index in [9.17, 15) is 9.59 Å². The largest absolute Gasteiger partial charge is 0.468 e. The molecule has 0 saturated heterocycles. The highest BCUT2D eigenvalue weighted by Crippen LogP contribution is 2.66. The van der Waals surface area contributed by atoms with Crippen LogP contribution >= 0.6 is 0 Å². The van der Waals surface area contributed by atoms with Gasteiger partial charge in [0.1, 0.15) is 5.60 Å². The van der Waals surface area contributed by atoms with E-state index in [4.69, 9.17) is 9.47 Å². The van der Waals surface area contributed by atoms with Crippen molar-refractivity contribution in [2.24, 2.45) is 17.3 Å². The molecule has 0 bridgehead atoms. The number of carbonyl (C=O) groups excluding carboxylic acids is 2. The van der Waals surface area contributed by atoms with Crippen LogP contribution in [0.25, 0.3) is 0 Å². The molecule has 4 nitrogen and oxygen atoms in total. The molecule has 18 heavy (non-hydrogen) atoms. The molecular weight excluding hydrogens is 232 g/mol. The smallest absolute Gasteiger partial charge is 0.324 e. The van der Waals surface area contributed by atoms with E-state index in [1.807, 2.05) is 20.8 Å². The molecule has 2 atom stereocenters. The summed E-state index contributed by atoms with van der Waals surface area (Å²) in [4.78, 5) is 24.5. The molecule has 2 saturated carbocycles. The van der Waals surface area contributed by atoms with E-state index < -0.39 is 23.0 Å². The van der Waals surface area contributed by atoms with E-state index in [1.165, 1.54) is 7.11 Å². The van der Waals surface area contributed by atoms with Crippen molar-refractivity contribution in [2.75, 3.05) is 7.11 Å². The van der Waals surface area contributed by atoms with Crippen LogP contribution in [0.5, 0.6) is 0 Å². The average Bonchev–Trinajstić information content (AvgIpc) is 2.96. The SMILES string of the molecule is COC(=O)C1(C(=O)OC(C)(C)C)C2CCCCC21. The third kappa shape index (κ3) is 1.91. The fourth-order valence-corrected chi connectivity index (χ4v) is 3.34. The minimum absolute atomic E-state index is 0.133. The Hall–Kier alpha value is -1.06. The Morgan fingerprint density at radius 3 is 1.94 bits per heavy atom. The van der Waals surface area contributed by atoms with Crippen LogP contribution in [-0.4, -0.2) is 24.6 Å². The summed E-state index contributed by atoms with van der Waals surface area (Å²) in [6.07, 6.45) is 4.03. The highest BCUT2D eigenvalue weighted by molar-refractivity contribution is 6.04. The van der Waals surface area contributed by atoms with Crippen LogP contribution in [0, 0.1) is 17.3 Å². The molecule has 2 fully saturated rings. The summed E-state index contributed by atoms with van der Waals surface area (Å²) < 4.78 is 10.3. The van der Waals surface area contributed by atoms with Crippen LogP contribution in [0.4, 0.5) is 0 Å². The zero-order valence-corrected chi connectivity index (χ0v) is 11.6. The van der Waals surface area contributed by atoms with Crippen molar-refractivity contribution < 1.29 is 19.1 Å². The van der Waals surface area contributed by atoms with Gasteiger partial charge in [0.05, 0.1) is 7.11 Å². The zero-order valence-electron chi connectivity index (χ0n) is 11.6. The molecule has 2 aliphatic rings. The van der Waals surface area contributed by atoms with Gasteiger partial charge in [-0.3, -0.25) is 9.59 Å². The van der Waals surface area contributed by atoms with Gasteiger partial charge in [-0.05, 0) is 45.4 Å². The van der Waals surface area contributed by atoms with E-state index in [-0.39, 0.29) is 11.8 Å². The standard InChI is InChI=1S/C14H22O4/c1-13(2,3)18-12(16)14(11(15)17-4)9-7-5-6-8-10(9)14/h9-10H,5-8H2,1-4H3. The first-order chi connectivity index (χ1) is 8.34. The van der Waals surface area contributed by atoms with Crippen LogP contribution in [0.3, 0.4) is 0 Å². The van der Waals surface area contributed by atoms with E-state index in [1.54, 1.807) is 0 Å². The molecule has 0 aromatic carbocycles. The Morgan fingerprint density at radius 2 is 1.56 bits per heavy atom. The summed E-state index contributed by atoms with van der Waals surface area (Å²) in [7, 11) is 1.35. The number of carbonyl (C=O) groups is 2. The van der Waals surface area contributed by atoms with Gasteiger partial charge in [0.2, 0.25) is 0 Å². The molecule has 4 heteroatoms. The lowest BCUT2D eigenvalue weighted by Gasteiger charge is -2.23. The highest BCUT2D eigenvalue weighted by atomic mass is 16.6. The first-order valence-corrected chi connectivity index (χ1v) is 6.66. The number of esters is 2. The van der Waals surface area contributed by atoms with E-state index >= 15 is 0 Å². The van der Waals surface area contributed by atoms with Crippen molar-refractivity contribution in [1.29, 1.82) is 0 Å². The maximum Gasteiger partial charge on any atom is 0.324 e. The minimum Gasteiger partial charge on any atom is -0.468 e. The number of hydrogen-bond acceptors (Lipinski definition) is 4. The van der Waals surface area contributed by atoms with Gasteiger partial charge < -0.3 is 9.47 Å². The van der Waals surface area contributed by atoms with Gasteiger partial charge in [0.25, 0.3) is 0 Å². The monoisotopic (exact) mass is 254 g/mol. The molecule has 0 N–H and O–H groups in total. The van der Waals surface area contributed by atoms with Crippen LogP contribution in [-0.2, 0) is 19.1 Å². The van der Waals surface area contributed by atoms with Crippen molar-refractivity contribution in [3.63, 3.8) is 0 Å². The van der Waals surface area contributed by atoms with Crippen molar-refractivity contribution >= 4 is 11.9 Å². The van der Waals surface area contributed by atoms with E-state index in [0.717, 1.165) is 25.7 Å². The van der Waals surface area contributed by atoms with Crippen LogP contribution in [0.1, 0.15) is 46.5 Å². The third-order valence-electron chi connectivity index (χ3n) is 4.09. The van der Waals surface area contributed by atoms with Gasteiger partial charge >= 0.3 is 11.9 Å². The van der Waals surface area contributed by atoms with Gasteiger partial charge in [-0.1, -0.05) is 12.8 Å². The van der Waals surface area contributed by atoms with Crippen LogP contribution in [0.2, 0.25) is 0 Å². The molecule has 0 aromatic heterocycles. The molecule has 0 heterocycles. The number of hydrogen-bond donors (Lipinski definition) is 0. The fraction of sp³-hybridized carbons (Fsp3) is 0.857. The number of fused-ring (bicyclic) bond motifs is 1. The Labute approximate surface area is 108 Å². The third-order valence-corrected chi connectivity index (χ3v) is 4.09. The maximum absolute atomic E-state index is 12.4. The lowest BCUT2D eigenvalue weighted by atomic mass is 10.0. The first-order valence-electron chi connectivity index (χ1n) is 6.66. The second-order valence-electron chi connectivity index (χ2n) is 6.36. The van der Waals surface area contributed by atoms with Gasteiger partial charge in [-0.2, -0.15) is 0 Å². The molecule has 2 unspecified atom stereocenters. The van der Waals surface area contributed by atoms with Gasteiger partial charge in [-0.25, -0.2) is 0 Å². The lowest BCUT2D eigenvalue weighted by molar-refractivity contribution is -0.172. The Morgan fingerprint density at radius 1 is 1.06 bits per heavy atom. The van der Waals surface area contributed by atoms with Crippen molar-refractivity contribution in [3.8, 4) is 0 Å². The van der Waals surface area contributed by atoms with E-state index in [2.05, 4.69) is 0 Å². The minimum atomic E-state index is -1.00. The molecule has 0 aliphatic heterocycles. The summed E-state index contributed by atoms with van der Waals surface area (Å²) in [5.41, 5.74) is -1.57. The number of ether oxygens (including phenoxy) is 2. The normalized spacial score (nSPS) is 34.4. The second kappa shape index (κ2) is 4.25. The molecule has 0 radical (unpaired) electrons. The molecule has 102 valence electrons. The number of rotatable bonds is 2. The highest BCUT2D eigenvalue weighted by Gasteiger charge is 2.76. The van der Waals surface area contributed by atoms with Crippen molar-refractivity contribution in [2.45, 2.75) is 52.1 Å². The van der Waals surface area contributed by atoms with Gasteiger partial charge in [-0.15, -0.1) is 0 Å². The van der Waals surface area contributed by atoms with Crippen molar-refractivity contribution in [1.82, 2.24) is 0 Å². The van der Waals surface area contributed by atoms with Crippen molar-refractivity contribution in [3.05, 3.63) is 0 Å². The van der Waals surface area contributed by atoms with Crippen LogP contribution in [0.15, 0.2) is 0 Å². The Kier molecular flexibility index (Phi) is 3.16. The second-order valence-corrected chi connectivity index (χ2v) is 6.36. The molecule has 0 spiro atoms. The topological polar surface area (TPSA) is 52.6 Å². The molecular formula is C14H22O4. The lowest BCUT2D eigenvalue weighted by Crippen LogP contribution is -2.37. The number of methoxy groups -OCH3 is 1. The Bertz CT molecular complexity index is 354. The molecule has 0 aromatic rings. The summed E-state index contributed by atoms with van der Waals surface area (Å²) in [6, 6.07) is 0. The fourth-order valence-electron chi connectivity index (χ4n) is 3.34. The summed E-state index contributed by atoms with van der Waals surface area (Å²) in [5.74, 6) is -0.533. The summed E-state index contributed by atoms with van der Waals surface area (Å²) in [5, 5.41) is 0. The molecule has 0 amide bonds. The van der Waals surface area contributed by atoms with Gasteiger partial charge in [0.15, 0.2) is 5.41 Å². The van der Waals surface area contributed by atoms with Crippen LogP contribution < -0.4 is 0 Å². The zero-order chi connectivity index (χ0) is 13.6. The molecule has 2 rings (SSSR count). The van der Waals surface area contributed by atoms with E-state index in [0.29, 0.717) is 0 Å². The Balaban J connectivity index is 2.23. The summed E-state index contributed by atoms with van der Waals surface area (Å²) >= 11 is 0. The summed E-state index contributed by atoms with van der Waals surface area (Å²) in [6.45, 7) is 5.46. The average molecular weight is 254 g/mol. The predicted molar refractivity (Wildman–Crippen MR) is 65.7 cm³/mol. The maximum atomic E-state index is 12.4.